The summed E-state index contributed by atoms with van der Waals surface area (Å²) in [6, 6.07) is 2.73. The van der Waals surface area contributed by atoms with Gasteiger partial charge in [-0.15, -0.1) is 0 Å². The smallest absolute Gasteiger partial charge is 0.335 e. The lowest BCUT2D eigenvalue weighted by Gasteiger charge is -2.04. The molecule has 1 aromatic rings. The molecule has 0 spiro atoms. The van der Waals surface area contributed by atoms with Gasteiger partial charge in [0.15, 0.2) is 0 Å². The van der Waals surface area contributed by atoms with E-state index in [4.69, 9.17) is 5.11 Å². The summed E-state index contributed by atoms with van der Waals surface area (Å²) < 4.78 is 0. The van der Waals surface area contributed by atoms with E-state index >= 15 is 0 Å². The highest BCUT2D eigenvalue weighted by Gasteiger charge is 2.11. The van der Waals surface area contributed by atoms with Gasteiger partial charge >= 0.3 is 5.97 Å². The van der Waals surface area contributed by atoms with Crippen LogP contribution in [0.5, 0.6) is 0 Å². The zero-order chi connectivity index (χ0) is 11.4. The lowest BCUT2D eigenvalue weighted by atomic mass is 10.1. The third kappa shape index (κ3) is 2.52. The van der Waals surface area contributed by atoms with Crippen molar-refractivity contribution in [3.8, 4) is 0 Å². The molecule has 0 aliphatic carbocycles. The van der Waals surface area contributed by atoms with E-state index in [9.17, 15) is 9.59 Å². The number of hydrogen-bond acceptors (Lipinski definition) is 3. The van der Waals surface area contributed by atoms with E-state index < -0.39 is 5.97 Å². The SMILES string of the molecule is CCc1cc(C(=O)O)cc(C(=O)NC)n1. The number of rotatable bonds is 3. The van der Waals surface area contributed by atoms with E-state index in [-0.39, 0.29) is 17.2 Å². The minimum absolute atomic E-state index is 0.0838. The zero-order valence-electron chi connectivity index (χ0n) is 8.57. The molecule has 0 fully saturated rings. The molecule has 1 heterocycles. The van der Waals surface area contributed by atoms with Gasteiger partial charge in [0.2, 0.25) is 0 Å². The monoisotopic (exact) mass is 208 g/mol. The minimum atomic E-state index is -1.06. The fourth-order valence-electron chi connectivity index (χ4n) is 1.14. The van der Waals surface area contributed by atoms with Crippen LogP contribution in [0.2, 0.25) is 0 Å². The summed E-state index contributed by atoms with van der Waals surface area (Å²) in [7, 11) is 1.48. The van der Waals surface area contributed by atoms with Gasteiger partial charge in [-0.2, -0.15) is 0 Å². The molecular formula is C10H12N2O3. The van der Waals surface area contributed by atoms with Crippen molar-refractivity contribution in [2.24, 2.45) is 0 Å². The van der Waals surface area contributed by atoms with Crippen molar-refractivity contribution in [2.75, 3.05) is 7.05 Å². The molecule has 0 atom stereocenters. The van der Waals surface area contributed by atoms with Crippen LogP contribution in [0.15, 0.2) is 12.1 Å². The summed E-state index contributed by atoms with van der Waals surface area (Å²) in [5.41, 5.74) is 0.809. The number of carboxylic acids is 1. The van der Waals surface area contributed by atoms with Crippen molar-refractivity contribution >= 4 is 11.9 Å². The molecule has 80 valence electrons. The Morgan fingerprint density at radius 1 is 1.47 bits per heavy atom. The van der Waals surface area contributed by atoms with Crippen LogP contribution in [0.3, 0.4) is 0 Å². The quantitative estimate of drug-likeness (QED) is 0.766. The van der Waals surface area contributed by atoms with Crippen molar-refractivity contribution < 1.29 is 14.7 Å². The summed E-state index contributed by atoms with van der Waals surface area (Å²) in [5, 5.41) is 11.2. The van der Waals surface area contributed by atoms with Gasteiger partial charge in [-0.25, -0.2) is 9.78 Å². The zero-order valence-corrected chi connectivity index (χ0v) is 8.57. The summed E-state index contributed by atoms with van der Waals surface area (Å²) >= 11 is 0. The first-order valence-electron chi connectivity index (χ1n) is 4.54. The summed E-state index contributed by atoms with van der Waals surface area (Å²) in [5.74, 6) is -1.44. The molecule has 0 radical (unpaired) electrons. The van der Waals surface area contributed by atoms with Crippen molar-refractivity contribution in [1.29, 1.82) is 0 Å². The molecule has 0 aliphatic rings. The van der Waals surface area contributed by atoms with Crippen molar-refractivity contribution in [3.05, 3.63) is 29.1 Å². The van der Waals surface area contributed by atoms with Gasteiger partial charge in [-0.3, -0.25) is 4.79 Å². The first kappa shape index (κ1) is 11.2. The van der Waals surface area contributed by atoms with Gasteiger partial charge in [0.1, 0.15) is 5.69 Å². The normalized spacial score (nSPS) is 9.73. The first-order chi connectivity index (χ1) is 7.08. The third-order valence-corrected chi connectivity index (χ3v) is 1.95. The van der Waals surface area contributed by atoms with Gasteiger partial charge in [0, 0.05) is 12.7 Å². The van der Waals surface area contributed by atoms with Crippen molar-refractivity contribution in [3.63, 3.8) is 0 Å². The van der Waals surface area contributed by atoms with Gasteiger partial charge in [-0.1, -0.05) is 6.92 Å². The first-order valence-corrected chi connectivity index (χ1v) is 4.54. The van der Waals surface area contributed by atoms with E-state index in [2.05, 4.69) is 10.3 Å². The maximum atomic E-state index is 11.3. The van der Waals surface area contributed by atoms with Crippen LogP contribution in [0, 0.1) is 0 Å². The number of carbonyl (C=O) groups is 2. The number of carbonyl (C=O) groups excluding carboxylic acids is 1. The molecule has 0 aliphatic heterocycles. The number of nitrogens with one attached hydrogen (secondary N) is 1. The fourth-order valence-corrected chi connectivity index (χ4v) is 1.14. The minimum Gasteiger partial charge on any atom is -0.478 e. The number of hydrogen-bond donors (Lipinski definition) is 2. The predicted molar refractivity (Wildman–Crippen MR) is 54.0 cm³/mol. The van der Waals surface area contributed by atoms with Gasteiger partial charge in [0.05, 0.1) is 5.56 Å². The number of aromatic nitrogens is 1. The van der Waals surface area contributed by atoms with Crippen molar-refractivity contribution in [1.82, 2.24) is 10.3 Å². The van der Waals surface area contributed by atoms with Gasteiger partial charge < -0.3 is 10.4 Å². The predicted octanol–water partition coefficient (Wildman–Crippen LogP) is 0.702. The van der Waals surface area contributed by atoms with Crippen LogP contribution in [-0.4, -0.2) is 29.0 Å². The van der Waals surface area contributed by atoms with Crippen LogP contribution < -0.4 is 5.32 Å². The van der Waals surface area contributed by atoms with Crippen LogP contribution in [0.1, 0.15) is 33.5 Å². The molecule has 0 bridgehead atoms. The molecule has 0 saturated carbocycles. The second-order valence-corrected chi connectivity index (χ2v) is 2.97. The lowest BCUT2D eigenvalue weighted by molar-refractivity contribution is 0.0696. The Balaban J connectivity index is 3.23. The number of nitrogens with zero attached hydrogens (tertiary/aromatic N) is 1. The highest BCUT2D eigenvalue weighted by atomic mass is 16.4. The maximum Gasteiger partial charge on any atom is 0.335 e. The average Bonchev–Trinajstić information content (AvgIpc) is 2.27. The lowest BCUT2D eigenvalue weighted by Crippen LogP contribution is -2.20. The third-order valence-electron chi connectivity index (χ3n) is 1.95. The molecule has 1 rings (SSSR count). The number of pyridine rings is 1. The topological polar surface area (TPSA) is 79.3 Å². The van der Waals surface area contributed by atoms with Gasteiger partial charge in [0.25, 0.3) is 5.91 Å². The second kappa shape index (κ2) is 4.54. The molecule has 1 aromatic heterocycles. The fraction of sp³-hybridized carbons (Fsp3) is 0.300. The van der Waals surface area contributed by atoms with E-state index in [0.29, 0.717) is 12.1 Å². The Morgan fingerprint density at radius 3 is 2.60 bits per heavy atom. The molecule has 2 N–H and O–H groups in total. The molecule has 1 amide bonds. The molecular weight excluding hydrogens is 196 g/mol. The molecule has 0 unspecified atom stereocenters. The standard InChI is InChI=1S/C10H12N2O3/c1-3-7-4-6(10(14)15)5-8(12-7)9(13)11-2/h4-5H,3H2,1-2H3,(H,11,13)(H,14,15). The number of aryl methyl sites for hydroxylation is 1. The molecule has 0 aromatic carbocycles. The van der Waals surface area contributed by atoms with E-state index in [1.165, 1.54) is 19.2 Å². The highest BCUT2D eigenvalue weighted by molar-refractivity contribution is 5.95. The second-order valence-electron chi connectivity index (χ2n) is 2.97. The van der Waals surface area contributed by atoms with E-state index in [1.807, 2.05) is 6.92 Å². The Morgan fingerprint density at radius 2 is 2.13 bits per heavy atom. The molecule has 15 heavy (non-hydrogen) atoms. The summed E-state index contributed by atoms with van der Waals surface area (Å²) in [6.45, 7) is 1.85. The largest absolute Gasteiger partial charge is 0.478 e. The van der Waals surface area contributed by atoms with Crippen LogP contribution in [0.25, 0.3) is 0 Å². The molecule has 0 saturated heterocycles. The maximum absolute atomic E-state index is 11.3. The van der Waals surface area contributed by atoms with E-state index in [1.54, 1.807) is 0 Å². The molecule has 5 heteroatoms. The van der Waals surface area contributed by atoms with Crippen molar-refractivity contribution in [2.45, 2.75) is 13.3 Å². The highest BCUT2D eigenvalue weighted by Crippen LogP contribution is 2.07. The summed E-state index contributed by atoms with van der Waals surface area (Å²) in [4.78, 5) is 26.1. The van der Waals surface area contributed by atoms with Crippen LogP contribution >= 0.6 is 0 Å². The Hall–Kier alpha value is -1.91. The summed E-state index contributed by atoms with van der Waals surface area (Å²) in [6.07, 6.45) is 0.588. The Kier molecular flexibility index (Phi) is 3.38. The number of carboxylic acid groups (broad SMARTS) is 1. The Labute approximate surface area is 87.1 Å². The van der Waals surface area contributed by atoms with Crippen LogP contribution in [-0.2, 0) is 6.42 Å². The van der Waals surface area contributed by atoms with Gasteiger partial charge in [-0.05, 0) is 18.6 Å². The van der Waals surface area contributed by atoms with Crippen LogP contribution in [0.4, 0.5) is 0 Å². The van der Waals surface area contributed by atoms with E-state index in [0.717, 1.165) is 0 Å². The molecule has 5 nitrogen and oxygen atoms in total. The average molecular weight is 208 g/mol. The number of aromatic carboxylic acids is 1. The number of amides is 1. The Bertz CT molecular complexity index is 402.